The van der Waals surface area contributed by atoms with Gasteiger partial charge in [-0.1, -0.05) is 17.3 Å². The van der Waals surface area contributed by atoms with Crippen molar-refractivity contribution < 1.29 is 14.1 Å². The van der Waals surface area contributed by atoms with Gasteiger partial charge in [0.2, 0.25) is 11.8 Å². The summed E-state index contributed by atoms with van der Waals surface area (Å²) in [7, 11) is 0. The summed E-state index contributed by atoms with van der Waals surface area (Å²) in [6.07, 6.45) is 0.0996. The molecule has 3 rings (SSSR count). The van der Waals surface area contributed by atoms with Gasteiger partial charge in [-0.3, -0.25) is 9.59 Å². The third-order valence-corrected chi connectivity index (χ3v) is 3.69. The average Bonchev–Trinajstić information content (AvgIpc) is 3.13. The number of hydrogen-bond donors (Lipinski definition) is 1. The maximum absolute atomic E-state index is 12.3. The fourth-order valence-corrected chi connectivity index (χ4v) is 2.57. The third-order valence-electron chi connectivity index (χ3n) is 3.69. The van der Waals surface area contributed by atoms with Gasteiger partial charge in [-0.25, -0.2) is 0 Å². The van der Waals surface area contributed by atoms with Crippen molar-refractivity contribution in [1.82, 2.24) is 5.16 Å². The number of amides is 2. The van der Waals surface area contributed by atoms with E-state index < -0.39 is 5.92 Å². The lowest BCUT2D eigenvalue weighted by Gasteiger charge is -2.17. The fraction of sp³-hybridized carbons (Fsp3) is 0.250. The molecule has 1 atom stereocenters. The molecule has 1 N–H and O–H groups in total. The van der Waals surface area contributed by atoms with E-state index in [-0.39, 0.29) is 24.8 Å². The molecule has 0 saturated carbocycles. The summed E-state index contributed by atoms with van der Waals surface area (Å²) in [5.74, 6) is -0.0396. The van der Waals surface area contributed by atoms with Gasteiger partial charge in [-0.05, 0) is 19.1 Å². The smallest absolute Gasteiger partial charge is 0.231 e. The molecule has 1 aromatic heterocycles. The van der Waals surface area contributed by atoms with Crippen molar-refractivity contribution >= 4 is 23.3 Å². The van der Waals surface area contributed by atoms with Gasteiger partial charge in [0.25, 0.3) is 0 Å². The molecule has 23 heavy (non-hydrogen) atoms. The Kier molecular flexibility index (Phi) is 3.81. The Morgan fingerprint density at radius 3 is 2.96 bits per heavy atom. The van der Waals surface area contributed by atoms with Gasteiger partial charge in [-0.2, -0.15) is 5.26 Å². The second-order valence-electron chi connectivity index (χ2n) is 5.35. The summed E-state index contributed by atoms with van der Waals surface area (Å²) < 4.78 is 4.89. The minimum atomic E-state index is -0.494. The second-order valence-corrected chi connectivity index (χ2v) is 5.35. The molecular formula is C16H14N4O3. The summed E-state index contributed by atoms with van der Waals surface area (Å²) in [5, 5.41) is 15.5. The molecule has 2 heterocycles. The summed E-state index contributed by atoms with van der Waals surface area (Å²) in [6.45, 7) is 1.96. The third kappa shape index (κ3) is 2.92. The highest BCUT2D eigenvalue weighted by Crippen LogP contribution is 2.28. The molecule has 2 amide bonds. The number of nitrogens with one attached hydrogen (secondary N) is 1. The van der Waals surface area contributed by atoms with E-state index in [1.165, 1.54) is 4.90 Å². The zero-order valence-corrected chi connectivity index (χ0v) is 12.4. The van der Waals surface area contributed by atoms with Crippen molar-refractivity contribution in [2.45, 2.75) is 13.3 Å². The fourth-order valence-electron chi connectivity index (χ4n) is 2.57. The summed E-state index contributed by atoms with van der Waals surface area (Å²) in [4.78, 5) is 26.0. The van der Waals surface area contributed by atoms with Gasteiger partial charge in [0.05, 0.1) is 17.2 Å². The van der Waals surface area contributed by atoms with Crippen LogP contribution < -0.4 is 10.2 Å². The number of nitrogens with zero attached hydrogens (tertiary/aromatic N) is 3. The molecule has 0 radical (unpaired) electrons. The lowest BCUT2D eigenvalue weighted by Crippen LogP contribution is -2.28. The second kappa shape index (κ2) is 5.93. The molecule has 0 aliphatic carbocycles. The van der Waals surface area contributed by atoms with Crippen molar-refractivity contribution in [3.63, 3.8) is 0 Å². The number of rotatable bonds is 3. The van der Waals surface area contributed by atoms with Crippen LogP contribution in [0.1, 0.15) is 17.7 Å². The Bertz CT molecular complexity index is 806. The molecule has 0 bridgehead atoms. The van der Waals surface area contributed by atoms with Crippen LogP contribution in [0.2, 0.25) is 0 Å². The van der Waals surface area contributed by atoms with Gasteiger partial charge in [0, 0.05) is 19.0 Å². The molecule has 116 valence electrons. The molecule has 0 spiro atoms. The van der Waals surface area contributed by atoms with Crippen LogP contribution in [0.15, 0.2) is 34.9 Å². The van der Waals surface area contributed by atoms with E-state index in [0.717, 1.165) is 0 Å². The van der Waals surface area contributed by atoms with Gasteiger partial charge in [0.1, 0.15) is 11.8 Å². The molecule has 1 unspecified atom stereocenters. The first-order valence-electron chi connectivity index (χ1n) is 7.12. The predicted octanol–water partition coefficient (Wildman–Crippen LogP) is 1.85. The number of carbonyl (C=O) groups is 2. The molecule has 1 aromatic carbocycles. The number of benzene rings is 1. The number of aryl methyl sites for hydroxylation is 1. The quantitative estimate of drug-likeness (QED) is 0.932. The summed E-state index contributed by atoms with van der Waals surface area (Å²) >= 11 is 0. The van der Waals surface area contributed by atoms with Crippen molar-refractivity contribution in [3.05, 3.63) is 41.7 Å². The summed E-state index contributed by atoms with van der Waals surface area (Å²) in [5.41, 5.74) is 0.946. The highest BCUT2D eigenvalue weighted by atomic mass is 16.5. The zero-order valence-electron chi connectivity index (χ0n) is 12.4. The Morgan fingerprint density at radius 1 is 1.48 bits per heavy atom. The van der Waals surface area contributed by atoms with Crippen molar-refractivity contribution in [3.8, 4) is 6.07 Å². The molecule has 1 fully saturated rings. The first-order valence-corrected chi connectivity index (χ1v) is 7.12. The molecule has 2 aromatic rings. The molecule has 7 heteroatoms. The first-order chi connectivity index (χ1) is 11.1. The number of anilines is 2. The van der Waals surface area contributed by atoms with Crippen LogP contribution in [-0.4, -0.2) is 23.5 Å². The van der Waals surface area contributed by atoms with E-state index >= 15 is 0 Å². The van der Waals surface area contributed by atoms with Crippen LogP contribution in [0.5, 0.6) is 0 Å². The molecule has 7 nitrogen and oxygen atoms in total. The predicted molar refractivity (Wildman–Crippen MR) is 81.5 cm³/mol. The standard InChI is InChI=1S/C16H14N4O3/c1-10-6-14(19-23-10)18-16(22)12-7-15(21)20(9-12)13-5-3-2-4-11(13)8-17/h2-6,12H,7,9H2,1H3,(H,18,19,22). The topological polar surface area (TPSA) is 99.2 Å². The van der Waals surface area contributed by atoms with E-state index in [1.54, 1.807) is 37.3 Å². The van der Waals surface area contributed by atoms with E-state index in [4.69, 9.17) is 9.78 Å². The van der Waals surface area contributed by atoms with E-state index in [1.807, 2.05) is 0 Å². The minimum Gasteiger partial charge on any atom is -0.360 e. The molecule has 1 aliphatic heterocycles. The normalized spacial score (nSPS) is 17.1. The van der Waals surface area contributed by atoms with Crippen LogP contribution in [0.25, 0.3) is 0 Å². The number of aromatic nitrogens is 1. The number of nitriles is 1. The molecular weight excluding hydrogens is 296 g/mol. The van der Waals surface area contributed by atoms with E-state index in [2.05, 4.69) is 16.5 Å². The monoisotopic (exact) mass is 310 g/mol. The van der Waals surface area contributed by atoms with Gasteiger partial charge >= 0.3 is 0 Å². The van der Waals surface area contributed by atoms with Crippen molar-refractivity contribution in [2.24, 2.45) is 5.92 Å². The molecule has 1 saturated heterocycles. The Morgan fingerprint density at radius 2 is 2.26 bits per heavy atom. The largest absolute Gasteiger partial charge is 0.360 e. The van der Waals surface area contributed by atoms with Crippen LogP contribution in [0, 0.1) is 24.2 Å². The van der Waals surface area contributed by atoms with Crippen LogP contribution in [0.4, 0.5) is 11.5 Å². The van der Waals surface area contributed by atoms with Gasteiger partial charge < -0.3 is 14.7 Å². The maximum Gasteiger partial charge on any atom is 0.231 e. The van der Waals surface area contributed by atoms with Crippen molar-refractivity contribution in [1.29, 1.82) is 5.26 Å². The van der Waals surface area contributed by atoms with Gasteiger partial charge in [0.15, 0.2) is 5.82 Å². The van der Waals surface area contributed by atoms with Gasteiger partial charge in [-0.15, -0.1) is 0 Å². The number of para-hydroxylation sites is 1. The maximum atomic E-state index is 12.3. The SMILES string of the molecule is Cc1cc(NC(=O)C2CC(=O)N(c3ccccc3C#N)C2)no1. The first kappa shape index (κ1) is 14.8. The van der Waals surface area contributed by atoms with Crippen LogP contribution >= 0.6 is 0 Å². The highest BCUT2D eigenvalue weighted by Gasteiger charge is 2.36. The van der Waals surface area contributed by atoms with Crippen LogP contribution in [-0.2, 0) is 9.59 Å². The zero-order chi connectivity index (χ0) is 16.4. The highest BCUT2D eigenvalue weighted by molar-refractivity contribution is 6.03. The van der Waals surface area contributed by atoms with E-state index in [0.29, 0.717) is 22.8 Å². The lowest BCUT2D eigenvalue weighted by atomic mass is 10.1. The Balaban J connectivity index is 1.74. The minimum absolute atomic E-state index is 0.0996. The Labute approximate surface area is 132 Å². The Hall–Kier alpha value is -3.14. The lowest BCUT2D eigenvalue weighted by molar-refractivity contribution is -0.122. The van der Waals surface area contributed by atoms with E-state index in [9.17, 15) is 9.59 Å². The number of hydrogen-bond acceptors (Lipinski definition) is 5. The molecule has 1 aliphatic rings. The summed E-state index contributed by atoms with van der Waals surface area (Å²) in [6, 6.07) is 10.5. The average molecular weight is 310 g/mol. The van der Waals surface area contributed by atoms with Crippen LogP contribution in [0.3, 0.4) is 0 Å². The number of carbonyl (C=O) groups excluding carboxylic acids is 2. The van der Waals surface area contributed by atoms with Crippen molar-refractivity contribution in [2.75, 3.05) is 16.8 Å².